The molecule has 1 aromatic carbocycles. The molecule has 170 valence electrons. The molecule has 1 aliphatic carbocycles. The van der Waals surface area contributed by atoms with Gasteiger partial charge >= 0.3 is 0 Å². The van der Waals surface area contributed by atoms with Crippen molar-refractivity contribution in [2.45, 2.75) is 62.3 Å². The molecule has 0 aromatic heterocycles. The number of carbonyl (C=O) groups excluding carboxylic acids is 2. The van der Waals surface area contributed by atoms with Crippen molar-refractivity contribution in [3.8, 4) is 5.75 Å². The summed E-state index contributed by atoms with van der Waals surface area (Å²) in [5.41, 5.74) is 0.314. The highest BCUT2D eigenvalue weighted by molar-refractivity contribution is 7.89. The lowest BCUT2D eigenvalue weighted by Gasteiger charge is -2.25. The van der Waals surface area contributed by atoms with Gasteiger partial charge in [-0.15, -0.1) is 0 Å². The molecule has 2 aliphatic heterocycles. The van der Waals surface area contributed by atoms with Gasteiger partial charge in [0.25, 0.3) is 0 Å². The van der Waals surface area contributed by atoms with Crippen molar-refractivity contribution in [3.05, 3.63) is 18.2 Å². The van der Waals surface area contributed by atoms with Crippen molar-refractivity contribution in [2.24, 2.45) is 5.92 Å². The van der Waals surface area contributed by atoms with E-state index in [2.05, 4.69) is 5.32 Å². The molecule has 0 bridgehead atoms. The lowest BCUT2D eigenvalue weighted by Crippen LogP contribution is -2.43. The molecule has 1 N–H and O–H groups in total. The third-order valence-corrected chi connectivity index (χ3v) is 8.29. The van der Waals surface area contributed by atoms with Crippen molar-refractivity contribution >= 4 is 27.5 Å². The van der Waals surface area contributed by atoms with Gasteiger partial charge in [-0.25, -0.2) is 8.42 Å². The first-order valence-corrected chi connectivity index (χ1v) is 12.7. The van der Waals surface area contributed by atoms with Crippen molar-refractivity contribution in [2.75, 3.05) is 32.1 Å². The Kier molecular flexibility index (Phi) is 6.52. The summed E-state index contributed by atoms with van der Waals surface area (Å²) in [6.07, 6.45) is 6.97. The molecule has 1 aromatic rings. The van der Waals surface area contributed by atoms with Crippen molar-refractivity contribution in [1.82, 2.24) is 9.21 Å². The van der Waals surface area contributed by atoms with Crippen LogP contribution in [0.1, 0.15) is 51.4 Å². The molecule has 9 heteroatoms. The molecule has 3 aliphatic rings. The minimum Gasteiger partial charge on any atom is -0.495 e. The van der Waals surface area contributed by atoms with E-state index in [4.69, 9.17) is 4.74 Å². The van der Waals surface area contributed by atoms with Crippen LogP contribution in [0.25, 0.3) is 0 Å². The fourth-order valence-electron chi connectivity index (χ4n) is 4.46. The van der Waals surface area contributed by atoms with Crippen LogP contribution < -0.4 is 10.1 Å². The maximum Gasteiger partial charge on any atom is 0.247 e. The molecule has 8 nitrogen and oxygen atoms in total. The minimum atomic E-state index is -3.65. The van der Waals surface area contributed by atoms with Gasteiger partial charge in [0, 0.05) is 25.6 Å². The molecular formula is C22H31N3O5S. The predicted octanol–water partition coefficient (Wildman–Crippen LogP) is 2.60. The fraction of sp³-hybridized carbons (Fsp3) is 0.636. The van der Waals surface area contributed by atoms with E-state index in [-0.39, 0.29) is 22.6 Å². The number of anilines is 1. The predicted molar refractivity (Wildman–Crippen MR) is 116 cm³/mol. The van der Waals surface area contributed by atoms with Gasteiger partial charge in [0.2, 0.25) is 21.8 Å². The number of hydrogen-bond acceptors (Lipinski definition) is 5. The first-order valence-electron chi connectivity index (χ1n) is 11.2. The Morgan fingerprint density at radius 3 is 2.35 bits per heavy atom. The molecule has 1 atom stereocenters. The summed E-state index contributed by atoms with van der Waals surface area (Å²) in [7, 11) is -2.17. The number of rotatable bonds is 6. The van der Waals surface area contributed by atoms with Crippen LogP contribution in [0.5, 0.6) is 5.75 Å². The Balaban J connectivity index is 1.54. The number of benzene rings is 1. The summed E-state index contributed by atoms with van der Waals surface area (Å²) in [5.74, 6) is 0.211. The zero-order valence-corrected chi connectivity index (χ0v) is 18.8. The SMILES string of the molecule is COc1ccc(S(=O)(=O)N2CCCCCC2)cc1NC(=O)C1CCCN1C(=O)C1CC1. The number of carbonyl (C=O) groups is 2. The van der Waals surface area contributed by atoms with Crippen LogP contribution in [0, 0.1) is 5.92 Å². The molecule has 2 heterocycles. The summed E-state index contributed by atoms with van der Waals surface area (Å²) < 4.78 is 33.2. The molecule has 3 fully saturated rings. The number of sulfonamides is 1. The Morgan fingerprint density at radius 2 is 1.71 bits per heavy atom. The summed E-state index contributed by atoms with van der Waals surface area (Å²) >= 11 is 0. The number of ether oxygens (including phenoxy) is 1. The second kappa shape index (κ2) is 9.16. The van der Waals surface area contributed by atoms with Gasteiger partial charge in [-0.3, -0.25) is 9.59 Å². The molecule has 0 spiro atoms. The van der Waals surface area contributed by atoms with E-state index in [0.29, 0.717) is 37.5 Å². The minimum absolute atomic E-state index is 0.0575. The maximum absolute atomic E-state index is 13.2. The van der Waals surface area contributed by atoms with E-state index in [1.165, 1.54) is 23.5 Å². The number of amides is 2. The first-order chi connectivity index (χ1) is 14.9. The Morgan fingerprint density at radius 1 is 1.00 bits per heavy atom. The molecular weight excluding hydrogens is 418 g/mol. The number of methoxy groups -OCH3 is 1. The maximum atomic E-state index is 13.2. The zero-order chi connectivity index (χ0) is 22.0. The van der Waals surface area contributed by atoms with Crippen LogP contribution >= 0.6 is 0 Å². The van der Waals surface area contributed by atoms with Gasteiger partial charge in [-0.2, -0.15) is 4.31 Å². The van der Waals surface area contributed by atoms with Crippen molar-refractivity contribution in [1.29, 1.82) is 0 Å². The highest BCUT2D eigenvalue weighted by atomic mass is 32.2. The number of nitrogens with zero attached hydrogens (tertiary/aromatic N) is 2. The number of likely N-dealkylation sites (tertiary alicyclic amines) is 1. The molecule has 2 saturated heterocycles. The Labute approximate surface area is 184 Å². The molecule has 31 heavy (non-hydrogen) atoms. The van der Waals surface area contributed by atoms with Crippen LogP contribution in [0.3, 0.4) is 0 Å². The summed E-state index contributed by atoms with van der Waals surface area (Å²) in [4.78, 5) is 27.4. The average Bonchev–Trinajstić information content (AvgIpc) is 3.55. The van der Waals surface area contributed by atoms with Gasteiger partial charge in [0.1, 0.15) is 11.8 Å². The summed E-state index contributed by atoms with van der Waals surface area (Å²) in [6, 6.07) is 4.04. The third-order valence-electron chi connectivity index (χ3n) is 6.40. The van der Waals surface area contributed by atoms with E-state index in [9.17, 15) is 18.0 Å². The highest BCUT2D eigenvalue weighted by Crippen LogP contribution is 2.35. The normalized spacial score (nSPS) is 22.7. The molecule has 4 rings (SSSR count). The first kappa shape index (κ1) is 22.1. The average molecular weight is 450 g/mol. The fourth-order valence-corrected chi connectivity index (χ4v) is 6.00. The van der Waals surface area contributed by atoms with E-state index >= 15 is 0 Å². The highest BCUT2D eigenvalue weighted by Gasteiger charge is 2.41. The summed E-state index contributed by atoms with van der Waals surface area (Å²) in [5, 5.41) is 2.83. The van der Waals surface area contributed by atoms with E-state index in [1.54, 1.807) is 11.0 Å². The zero-order valence-electron chi connectivity index (χ0n) is 18.0. The van der Waals surface area contributed by atoms with E-state index in [0.717, 1.165) is 44.9 Å². The van der Waals surface area contributed by atoms with Crippen LogP contribution in [0.15, 0.2) is 23.1 Å². The lowest BCUT2D eigenvalue weighted by atomic mass is 10.2. The lowest BCUT2D eigenvalue weighted by molar-refractivity contribution is -0.137. The molecule has 1 saturated carbocycles. The van der Waals surface area contributed by atoms with Crippen LogP contribution in [0.4, 0.5) is 5.69 Å². The Bertz CT molecular complexity index is 936. The topological polar surface area (TPSA) is 96.0 Å². The number of hydrogen-bond donors (Lipinski definition) is 1. The smallest absolute Gasteiger partial charge is 0.247 e. The van der Waals surface area contributed by atoms with Crippen LogP contribution in [-0.2, 0) is 19.6 Å². The van der Waals surface area contributed by atoms with Gasteiger partial charge in [0.15, 0.2) is 0 Å². The Hall–Kier alpha value is -2.13. The molecule has 2 amide bonds. The monoisotopic (exact) mass is 449 g/mol. The largest absolute Gasteiger partial charge is 0.495 e. The van der Waals surface area contributed by atoms with Gasteiger partial charge in [-0.05, 0) is 56.7 Å². The summed E-state index contributed by atoms with van der Waals surface area (Å²) in [6.45, 7) is 1.61. The number of nitrogens with one attached hydrogen (secondary N) is 1. The standard InChI is InChI=1S/C22H31N3O5S/c1-30-20-11-10-17(31(28,29)24-12-4-2-3-5-13-24)15-18(20)23-21(26)19-7-6-14-25(19)22(27)16-8-9-16/h10-11,15-16,19H,2-9,12-14H2,1H3,(H,23,26). The van der Waals surface area contributed by atoms with Crippen LogP contribution in [0.2, 0.25) is 0 Å². The van der Waals surface area contributed by atoms with E-state index < -0.39 is 16.1 Å². The molecule has 1 unspecified atom stereocenters. The second-order valence-corrected chi connectivity index (χ2v) is 10.6. The van der Waals surface area contributed by atoms with Crippen molar-refractivity contribution < 1.29 is 22.7 Å². The van der Waals surface area contributed by atoms with E-state index in [1.807, 2.05) is 0 Å². The van der Waals surface area contributed by atoms with Gasteiger partial charge in [-0.1, -0.05) is 12.8 Å². The molecule has 0 radical (unpaired) electrons. The van der Waals surface area contributed by atoms with Crippen molar-refractivity contribution in [3.63, 3.8) is 0 Å². The third kappa shape index (κ3) is 4.72. The quantitative estimate of drug-likeness (QED) is 0.720. The van der Waals surface area contributed by atoms with Crippen LogP contribution in [-0.4, -0.2) is 62.2 Å². The van der Waals surface area contributed by atoms with Gasteiger partial charge in [0.05, 0.1) is 17.7 Å². The van der Waals surface area contributed by atoms with Gasteiger partial charge < -0.3 is 15.0 Å². The second-order valence-electron chi connectivity index (χ2n) is 8.63.